The molecule has 0 saturated carbocycles. The molecule has 0 saturated heterocycles. The molecule has 0 N–H and O–H groups in total. The maximum absolute atomic E-state index is 11.2. The molecule has 0 aliphatic rings. The molecule has 1 aromatic carbocycles. The first-order valence-corrected chi connectivity index (χ1v) is 6.13. The third-order valence-corrected chi connectivity index (χ3v) is 3.05. The molecule has 1 heterocycles. The second-order valence-corrected chi connectivity index (χ2v) is 4.58. The molecule has 0 atom stereocenters. The van der Waals surface area contributed by atoms with Gasteiger partial charge in [-0.25, -0.2) is 0 Å². The van der Waals surface area contributed by atoms with E-state index in [1.165, 1.54) is 7.11 Å². The fourth-order valence-corrected chi connectivity index (χ4v) is 1.93. The Morgan fingerprint density at radius 2 is 2.16 bits per heavy atom. The van der Waals surface area contributed by atoms with Gasteiger partial charge in [0.05, 0.1) is 25.4 Å². The summed E-state index contributed by atoms with van der Waals surface area (Å²) in [5.74, 6) is -0.315. The number of ether oxygens (including phenoxy) is 1. The summed E-state index contributed by atoms with van der Waals surface area (Å²) in [6.45, 7) is 1.95. The van der Waals surface area contributed by atoms with Crippen molar-refractivity contribution in [1.29, 1.82) is 0 Å². The number of aryl methyl sites for hydroxylation is 1. The molecule has 0 fully saturated rings. The van der Waals surface area contributed by atoms with E-state index in [0.717, 1.165) is 22.4 Å². The van der Waals surface area contributed by atoms with Crippen LogP contribution in [0.5, 0.6) is 0 Å². The van der Waals surface area contributed by atoms with Crippen LogP contribution < -0.4 is 0 Å². The van der Waals surface area contributed by atoms with E-state index in [1.54, 1.807) is 18.3 Å². The predicted octanol–water partition coefficient (Wildman–Crippen LogP) is 2.82. The molecule has 4 nitrogen and oxygen atoms in total. The molecular formula is C14H13ClN2O2. The Labute approximate surface area is 116 Å². The Kier molecular flexibility index (Phi) is 4.12. The molecule has 0 amide bonds. The third kappa shape index (κ3) is 3.29. The van der Waals surface area contributed by atoms with E-state index in [0.29, 0.717) is 5.02 Å². The molecule has 0 aliphatic heterocycles. The molecule has 5 heteroatoms. The number of carbonyl (C=O) groups excluding carboxylic acids is 1. The van der Waals surface area contributed by atoms with Gasteiger partial charge in [0.1, 0.15) is 0 Å². The number of carbonyl (C=O) groups is 1. The molecule has 98 valence electrons. The van der Waals surface area contributed by atoms with Crippen LogP contribution >= 0.6 is 11.6 Å². The van der Waals surface area contributed by atoms with Gasteiger partial charge in [0, 0.05) is 10.6 Å². The van der Waals surface area contributed by atoms with Gasteiger partial charge in [-0.1, -0.05) is 23.7 Å². The molecule has 1 aromatic heterocycles. The Morgan fingerprint density at radius 3 is 2.79 bits per heavy atom. The first-order valence-electron chi connectivity index (χ1n) is 5.75. The molecule has 2 aromatic rings. The summed E-state index contributed by atoms with van der Waals surface area (Å²) in [5.41, 5.74) is 3.39. The second-order valence-electron chi connectivity index (χ2n) is 4.18. The average Bonchev–Trinajstić information content (AvgIpc) is 2.41. The van der Waals surface area contributed by atoms with Crippen molar-refractivity contribution in [1.82, 2.24) is 10.2 Å². The van der Waals surface area contributed by atoms with Gasteiger partial charge in [0.2, 0.25) is 0 Å². The number of aromatic nitrogens is 2. The van der Waals surface area contributed by atoms with Crippen molar-refractivity contribution in [2.45, 2.75) is 13.3 Å². The fraction of sp³-hybridized carbons (Fsp3) is 0.214. The zero-order valence-corrected chi connectivity index (χ0v) is 11.4. The van der Waals surface area contributed by atoms with E-state index >= 15 is 0 Å². The minimum Gasteiger partial charge on any atom is -0.469 e. The highest BCUT2D eigenvalue weighted by molar-refractivity contribution is 6.31. The van der Waals surface area contributed by atoms with Crippen LogP contribution in [-0.2, 0) is 16.0 Å². The van der Waals surface area contributed by atoms with Crippen molar-refractivity contribution in [3.05, 3.63) is 46.6 Å². The standard InChI is InChI=1S/C14H13ClN2O2/c1-9-5-13(17-16-8-9)11-4-3-10(12(15)6-11)7-14(18)19-2/h3-6,8H,7H2,1-2H3. The largest absolute Gasteiger partial charge is 0.469 e. The first kappa shape index (κ1) is 13.5. The van der Waals surface area contributed by atoms with E-state index in [1.807, 2.05) is 19.1 Å². The summed E-state index contributed by atoms with van der Waals surface area (Å²) in [7, 11) is 1.35. The Morgan fingerprint density at radius 1 is 1.37 bits per heavy atom. The number of halogens is 1. The summed E-state index contributed by atoms with van der Waals surface area (Å²) >= 11 is 6.16. The quantitative estimate of drug-likeness (QED) is 0.809. The summed E-state index contributed by atoms with van der Waals surface area (Å²) in [6.07, 6.45) is 1.85. The summed E-state index contributed by atoms with van der Waals surface area (Å²) in [5, 5.41) is 8.48. The van der Waals surface area contributed by atoms with Gasteiger partial charge in [-0.3, -0.25) is 4.79 Å². The molecule has 0 radical (unpaired) electrons. The Balaban J connectivity index is 2.31. The zero-order chi connectivity index (χ0) is 13.8. The van der Waals surface area contributed by atoms with Gasteiger partial charge < -0.3 is 4.74 Å². The van der Waals surface area contributed by atoms with E-state index in [2.05, 4.69) is 14.9 Å². The lowest BCUT2D eigenvalue weighted by Crippen LogP contribution is -2.04. The number of nitrogens with zero attached hydrogens (tertiary/aromatic N) is 2. The smallest absolute Gasteiger partial charge is 0.310 e. The second kappa shape index (κ2) is 5.80. The average molecular weight is 277 g/mol. The Hall–Kier alpha value is -1.94. The van der Waals surface area contributed by atoms with Crippen LogP contribution in [-0.4, -0.2) is 23.3 Å². The minimum absolute atomic E-state index is 0.162. The van der Waals surface area contributed by atoms with Gasteiger partial charge in [-0.2, -0.15) is 10.2 Å². The van der Waals surface area contributed by atoms with Crippen LogP contribution in [0.1, 0.15) is 11.1 Å². The lowest BCUT2D eigenvalue weighted by Gasteiger charge is -2.06. The predicted molar refractivity (Wildman–Crippen MR) is 72.9 cm³/mol. The molecular weight excluding hydrogens is 264 g/mol. The molecule has 0 bridgehead atoms. The molecule has 0 unspecified atom stereocenters. The number of rotatable bonds is 3. The van der Waals surface area contributed by atoms with Crippen LogP contribution in [0.4, 0.5) is 0 Å². The highest BCUT2D eigenvalue weighted by Crippen LogP contribution is 2.25. The van der Waals surface area contributed by atoms with Crippen LogP contribution in [0.2, 0.25) is 5.02 Å². The zero-order valence-electron chi connectivity index (χ0n) is 10.7. The lowest BCUT2D eigenvalue weighted by atomic mass is 10.1. The van der Waals surface area contributed by atoms with Gasteiger partial charge in [0.15, 0.2) is 0 Å². The molecule has 0 spiro atoms. The van der Waals surface area contributed by atoms with E-state index in [-0.39, 0.29) is 12.4 Å². The monoisotopic (exact) mass is 276 g/mol. The fourth-order valence-electron chi connectivity index (χ4n) is 1.68. The minimum atomic E-state index is -0.315. The van der Waals surface area contributed by atoms with Crippen molar-refractivity contribution in [3.8, 4) is 11.3 Å². The van der Waals surface area contributed by atoms with Crippen molar-refractivity contribution >= 4 is 17.6 Å². The SMILES string of the molecule is COC(=O)Cc1ccc(-c2cc(C)cnn2)cc1Cl. The van der Waals surface area contributed by atoms with E-state index < -0.39 is 0 Å². The van der Waals surface area contributed by atoms with Crippen molar-refractivity contribution in [2.24, 2.45) is 0 Å². The van der Waals surface area contributed by atoms with Crippen molar-refractivity contribution in [2.75, 3.05) is 7.11 Å². The number of methoxy groups -OCH3 is 1. The molecule has 19 heavy (non-hydrogen) atoms. The number of hydrogen-bond donors (Lipinski definition) is 0. The Bertz CT molecular complexity index is 614. The number of benzene rings is 1. The molecule has 0 aliphatic carbocycles. The van der Waals surface area contributed by atoms with Crippen molar-refractivity contribution in [3.63, 3.8) is 0 Å². The third-order valence-electron chi connectivity index (χ3n) is 2.70. The lowest BCUT2D eigenvalue weighted by molar-refractivity contribution is -0.139. The maximum atomic E-state index is 11.2. The van der Waals surface area contributed by atoms with Crippen molar-refractivity contribution < 1.29 is 9.53 Å². The number of esters is 1. The maximum Gasteiger partial charge on any atom is 0.310 e. The summed E-state index contributed by atoms with van der Waals surface area (Å²) in [6, 6.07) is 7.38. The summed E-state index contributed by atoms with van der Waals surface area (Å²) in [4.78, 5) is 11.2. The normalized spacial score (nSPS) is 10.3. The topological polar surface area (TPSA) is 52.1 Å². The van der Waals surface area contributed by atoms with E-state index in [4.69, 9.17) is 11.6 Å². The van der Waals surface area contributed by atoms with Crippen LogP contribution in [0.15, 0.2) is 30.5 Å². The van der Waals surface area contributed by atoms with Gasteiger partial charge in [0.25, 0.3) is 0 Å². The van der Waals surface area contributed by atoms with Gasteiger partial charge in [-0.05, 0) is 30.2 Å². The van der Waals surface area contributed by atoms with Gasteiger partial charge >= 0.3 is 5.97 Å². The summed E-state index contributed by atoms with van der Waals surface area (Å²) < 4.78 is 4.62. The van der Waals surface area contributed by atoms with E-state index in [9.17, 15) is 4.79 Å². The van der Waals surface area contributed by atoms with Crippen LogP contribution in [0.3, 0.4) is 0 Å². The van der Waals surface area contributed by atoms with Crippen LogP contribution in [0.25, 0.3) is 11.3 Å². The highest BCUT2D eigenvalue weighted by atomic mass is 35.5. The van der Waals surface area contributed by atoms with Gasteiger partial charge in [-0.15, -0.1) is 0 Å². The number of hydrogen-bond acceptors (Lipinski definition) is 4. The molecule has 2 rings (SSSR count). The van der Waals surface area contributed by atoms with Crippen LogP contribution in [0, 0.1) is 6.92 Å². The first-order chi connectivity index (χ1) is 9.10. The highest BCUT2D eigenvalue weighted by Gasteiger charge is 2.09.